The van der Waals surface area contributed by atoms with Crippen LogP contribution in [0.15, 0.2) is 6.20 Å². The first-order chi connectivity index (χ1) is 12.0. The first-order valence-electron chi connectivity index (χ1n) is 9.43. The number of aliphatic hydroxyl groups excluding tert-OH is 1. The maximum atomic E-state index is 11.8. The number of nitrogens with zero attached hydrogens (tertiary/aromatic N) is 2. The first kappa shape index (κ1) is 16.6. The molecule has 1 heterocycles. The van der Waals surface area contributed by atoms with Crippen LogP contribution in [0.2, 0.25) is 0 Å². The number of nitrogens with two attached hydrogens (primary N) is 1. The number of fused-ring (bicyclic) bond motifs is 2. The SMILES string of the molecule is NC(=O)c1cnc(N[C@H]2CC[C@H](O)CC2)nc1NC12CCC(CC1)C2. The topological polar surface area (TPSA) is 113 Å². The zero-order valence-electron chi connectivity index (χ0n) is 14.5. The summed E-state index contributed by atoms with van der Waals surface area (Å²) in [6.45, 7) is 0. The highest BCUT2D eigenvalue weighted by atomic mass is 16.3. The Morgan fingerprint density at radius 1 is 1.20 bits per heavy atom. The molecule has 0 spiro atoms. The van der Waals surface area contributed by atoms with Crippen molar-refractivity contribution < 1.29 is 9.90 Å². The number of primary amides is 1. The summed E-state index contributed by atoms with van der Waals surface area (Å²) in [5.41, 5.74) is 5.95. The number of hydrogen-bond acceptors (Lipinski definition) is 6. The minimum atomic E-state index is -0.501. The summed E-state index contributed by atoms with van der Waals surface area (Å²) >= 11 is 0. The molecule has 136 valence electrons. The van der Waals surface area contributed by atoms with Gasteiger partial charge in [0, 0.05) is 17.8 Å². The highest BCUT2D eigenvalue weighted by molar-refractivity contribution is 5.97. The van der Waals surface area contributed by atoms with Gasteiger partial charge in [-0.25, -0.2) is 4.98 Å². The second-order valence-corrected chi connectivity index (χ2v) is 8.02. The lowest BCUT2D eigenvalue weighted by Gasteiger charge is -2.30. The lowest BCUT2D eigenvalue weighted by Crippen LogP contribution is -2.35. The molecule has 0 saturated heterocycles. The van der Waals surface area contributed by atoms with E-state index in [0.717, 1.165) is 50.9 Å². The molecule has 7 nitrogen and oxygen atoms in total. The fraction of sp³-hybridized carbons (Fsp3) is 0.722. The van der Waals surface area contributed by atoms with Crippen LogP contribution in [-0.2, 0) is 0 Å². The average molecular weight is 345 g/mol. The van der Waals surface area contributed by atoms with Gasteiger partial charge in [0.1, 0.15) is 5.82 Å². The van der Waals surface area contributed by atoms with Crippen LogP contribution >= 0.6 is 0 Å². The Morgan fingerprint density at radius 3 is 2.52 bits per heavy atom. The van der Waals surface area contributed by atoms with Crippen LogP contribution in [0.4, 0.5) is 11.8 Å². The van der Waals surface area contributed by atoms with E-state index >= 15 is 0 Å². The van der Waals surface area contributed by atoms with E-state index in [1.54, 1.807) is 0 Å². The molecule has 0 radical (unpaired) electrons. The average Bonchev–Trinajstić information content (AvgIpc) is 3.17. The van der Waals surface area contributed by atoms with Gasteiger partial charge in [-0.3, -0.25) is 4.79 Å². The van der Waals surface area contributed by atoms with Crippen LogP contribution in [0.1, 0.15) is 68.1 Å². The smallest absolute Gasteiger partial charge is 0.254 e. The molecule has 25 heavy (non-hydrogen) atoms. The maximum Gasteiger partial charge on any atom is 0.254 e. The van der Waals surface area contributed by atoms with Crippen molar-refractivity contribution >= 4 is 17.7 Å². The second kappa shape index (κ2) is 6.44. The Morgan fingerprint density at radius 2 is 1.92 bits per heavy atom. The molecule has 0 aliphatic heterocycles. The van der Waals surface area contributed by atoms with Crippen molar-refractivity contribution in [3.63, 3.8) is 0 Å². The Kier molecular flexibility index (Phi) is 4.27. The van der Waals surface area contributed by atoms with Gasteiger partial charge in [0.25, 0.3) is 5.91 Å². The van der Waals surface area contributed by atoms with Crippen LogP contribution in [0.25, 0.3) is 0 Å². The zero-order chi connectivity index (χ0) is 17.4. The van der Waals surface area contributed by atoms with E-state index in [2.05, 4.69) is 20.6 Å². The summed E-state index contributed by atoms with van der Waals surface area (Å²) in [6, 6.07) is 0.260. The van der Waals surface area contributed by atoms with E-state index in [0.29, 0.717) is 17.3 Å². The third-order valence-corrected chi connectivity index (χ3v) is 6.21. The third-order valence-electron chi connectivity index (χ3n) is 6.21. The van der Waals surface area contributed by atoms with Crippen molar-refractivity contribution in [1.82, 2.24) is 9.97 Å². The lowest BCUT2D eigenvalue weighted by atomic mass is 9.93. The Bertz CT molecular complexity index is 649. The fourth-order valence-corrected chi connectivity index (χ4v) is 4.75. The molecule has 3 aliphatic carbocycles. The molecule has 0 aromatic carbocycles. The molecule has 3 fully saturated rings. The molecule has 4 rings (SSSR count). The van der Waals surface area contributed by atoms with Crippen molar-refractivity contribution in [1.29, 1.82) is 0 Å². The van der Waals surface area contributed by atoms with Gasteiger partial charge >= 0.3 is 0 Å². The van der Waals surface area contributed by atoms with Gasteiger partial charge < -0.3 is 21.5 Å². The van der Waals surface area contributed by atoms with Gasteiger partial charge in [-0.15, -0.1) is 0 Å². The highest BCUT2D eigenvalue weighted by Gasteiger charge is 2.45. The van der Waals surface area contributed by atoms with Crippen molar-refractivity contribution in [2.75, 3.05) is 10.6 Å². The normalized spacial score (nSPS) is 34.0. The molecule has 5 N–H and O–H groups in total. The molecule has 1 aromatic rings. The number of hydrogen-bond donors (Lipinski definition) is 4. The largest absolute Gasteiger partial charge is 0.393 e. The number of amides is 1. The molecule has 1 amide bonds. The third kappa shape index (κ3) is 3.42. The summed E-state index contributed by atoms with van der Waals surface area (Å²) < 4.78 is 0. The van der Waals surface area contributed by atoms with Crippen LogP contribution in [0, 0.1) is 5.92 Å². The minimum absolute atomic E-state index is 0.0649. The number of nitrogens with one attached hydrogen (secondary N) is 2. The van der Waals surface area contributed by atoms with E-state index in [1.807, 2.05) is 0 Å². The summed E-state index contributed by atoms with van der Waals surface area (Å²) in [5.74, 6) is 1.39. The van der Waals surface area contributed by atoms with E-state index in [4.69, 9.17) is 5.73 Å². The zero-order valence-corrected chi connectivity index (χ0v) is 14.5. The molecule has 0 atom stereocenters. The maximum absolute atomic E-state index is 11.8. The molecular formula is C18H27N5O2. The van der Waals surface area contributed by atoms with Gasteiger partial charge in [0.05, 0.1) is 11.7 Å². The van der Waals surface area contributed by atoms with E-state index in [1.165, 1.54) is 19.0 Å². The summed E-state index contributed by atoms with van der Waals surface area (Å²) in [6.07, 6.45) is 10.6. The lowest BCUT2D eigenvalue weighted by molar-refractivity contribution is 0.1000. The van der Waals surface area contributed by atoms with Crippen molar-refractivity contribution in [2.45, 2.75) is 75.5 Å². The van der Waals surface area contributed by atoms with Crippen LogP contribution < -0.4 is 16.4 Å². The van der Waals surface area contributed by atoms with Crippen molar-refractivity contribution in [2.24, 2.45) is 11.7 Å². The Balaban J connectivity index is 1.52. The number of rotatable bonds is 5. The Labute approximate surface area is 147 Å². The number of anilines is 2. The van der Waals surface area contributed by atoms with E-state index in [9.17, 15) is 9.90 Å². The monoisotopic (exact) mass is 345 g/mol. The molecule has 1 aromatic heterocycles. The molecule has 3 saturated carbocycles. The summed E-state index contributed by atoms with van der Waals surface area (Å²) in [5, 5.41) is 16.5. The number of carbonyl (C=O) groups excluding carboxylic acids is 1. The van der Waals surface area contributed by atoms with Crippen molar-refractivity contribution in [3.8, 4) is 0 Å². The number of aromatic nitrogens is 2. The predicted octanol–water partition coefficient (Wildman–Crippen LogP) is 2.04. The van der Waals surface area contributed by atoms with Crippen LogP contribution in [0.5, 0.6) is 0 Å². The molecular weight excluding hydrogens is 318 g/mol. The van der Waals surface area contributed by atoms with Crippen molar-refractivity contribution in [3.05, 3.63) is 11.8 Å². The quantitative estimate of drug-likeness (QED) is 0.649. The molecule has 0 unspecified atom stereocenters. The predicted molar refractivity (Wildman–Crippen MR) is 95.4 cm³/mol. The van der Waals surface area contributed by atoms with E-state index < -0.39 is 5.91 Å². The van der Waals surface area contributed by atoms with Gasteiger partial charge in [0.15, 0.2) is 0 Å². The highest BCUT2D eigenvalue weighted by Crippen LogP contribution is 2.49. The van der Waals surface area contributed by atoms with Crippen LogP contribution in [-0.4, -0.2) is 38.7 Å². The molecule has 7 heteroatoms. The van der Waals surface area contributed by atoms with Gasteiger partial charge in [0.2, 0.25) is 5.95 Å². The first-order valence-corrected chi connectivity index (χ1v) is 9.43. The summed E-state index contributed by atoms with van der Waals surface area (Å²) in [4.78, 5) is 20.7. The molecule has 3 aliphatic rings. The van der Waals surface area contributed by atoms with E-state index in [-0.39, 0.29) is 17.7 Å². The minimum Gasteiger partial charge on any atom is -0.393 e. The van der Waals surface area contributed by atoms with Gasteiger partial charge in [-0.1, -0.05) is 0 Å². The number of aliphatic hydroxyl groups is 1. The van der Waals surface area contributed by atoms with Crippen LogP contribution in [0.3, 0.4) is 0 Å². The van der Waals surface area contributed by atoms with Gasteiger partial charge in [-0.2, -0.15) is 4.98 Å². The fourth-order valence-electron chi connectivity index (χ4n) is 4.75. The standard InChI is InChI=1S/C18H27N5O2/c19-15(25)14-10-20-17(21-12-1-3-13(24)4-2-12)22-16(14)23-18-7-5-11(9-18)6-8-18/h10-13,24H,1-9H2,(H2,19,25)(H2,20,21,22,23)/t11?,12-,13-,18?. The second-order valence-electron chi connectivity index (χ2n) is 8.02. The number of carbonyl (C=O) groups is 1. The summed E-state index contributed by atoms with van der Waals surface area (Å²) in [7, 11) is 0. The molecule has 2 bridgehead atoms. The Hall–Kier alpha value is -1.89. The van der Waals surface area contributed by atoms with Gasteiger partial charge in [-0.05, 0) is 63.7 Å².